The summed E-state index contributed by atoms with van der Waals surface area (Å²) >= 11 is 5.95. The molecule has 1 aromatic carbocycles. The average Bonchev–Trinajstić information content (AvgIpc) is 2.95. The number of benzene rings is 1. The van der Waals surface area contributed by atoms with Crippen molar-refractivity contribution in [3.63, 3.8) is 0 Å². The van der Waals surface area contributed by atoms with Gasteiger partial charge in [0, 0.05) is 11.6 Å². The lowest BCUT2D eigenvalue weighted by atomic mass is 9.84. The van der Waals surface area contributed by atoms with Crippen molar-refractivity contribution >= 4 is 17.5 Å². The summed E-state index contributed by atoms with van der Waals surface area (Å²) < 4.78 is 0. The molecule has 1 atom stereocenters. The van der Waals surface area contributed by atoms with Crippen molar-refractivity contribution < 1.29 is 4.79 Å². The third-order valence-corrected chi connectivity index (χ3v) is 4.87. The molecule has 3 N–H and O–H groups in total. The highest BCUT2D eigenvalue weighted by Crippen LogP contribution is 2.38. The number of halogens is 1. The van der Waals surface area contributed by atoms with E-state index in [1.54, 1.807) is 0 Å². The van der Waals surface area contributed by atoms with Crippen LogP contribution in [0.5, 0.6) is 0 Å². The zero-order valence-corrected chi connectivity index (χ0v) is 13.6. The minimum Gasteiger partial charge on any atom is -0.349 e. The number of hydrogen-bond donors (Lipinski definition) is 2. The van der Waals surface area contributed by atoms with Crippen LogP contribution < -0.4 is 11.1 Å². The molecule has 1 aromatic rings. The maximum atomic E-state index is 12.7. The van der Waals surface area contributed by atoms with E-state index < -0.39 is 0 Å². The molecule has 116 valence electrons. The van der Waals surface area contributed by atoms with Crippen molar-refractivity contribution in [3.05, 3.63) is 34.9 Å². The van der Waals surface area contributed by atoms with E-state index in [0.717, 1.165) is 31.2 Å². The number of rotatable bonds is 5. The molecule has 0 radical (unpaired) electrons. The van der Waals surface area contributed by atoms with Crippen LogP contribution in [0.2, 0.25) is 5.02 Å². The highest BCUT2D eigenvalue weighted by molar-refractivity contribution is 6.30. The molecule has 2 rings (SSSR count). The van der Waals surface area contributed by atoms with Crippen molar-refractivity contribution in [1.82, 2.24) is 5.32 Å². The van der Waals surface area contributed by atoms with E-state index in [1.807, 2.05) is 24.3 Å². The fourth-order valence-electron chi connectivity index (χ4n) is 3.18. The molecule has 4 heteroatoms. The highest BCUT2D eigenvalue weighted by Gasteiger charge is 2.40. The Morgan fingerprint density at radius 1 is 1.29 bits per heavy atom. The van der Waals surface area contributed by atoms with Crippen molar-refractivity contribution in [2.24, 2.45) is 17.1 Å². The van der Waals surface area contributed by atoms with Crippen LogP contribution in [0.3, 0.4) is 0 Å². The van der Waals surface area contributed by atoms with Gasteiger partial charge < -0.3 is 11.1 Å². The smallest absolute Gasteiger partial charge is 0.227 e. The van der Waals surface area contributed by atoms with Gasteiger partial charge in [-0.1, -0.05) is 50.4 Å². The lowest BCUT2D eigenvalue weighted by Crippen LogP contribution is -2.46. The van der Waals surface area contributed by atoms with Gasteiger partial charge in [-0.2, -0.15) is 0 Å². The Morgan fingerprint density at radius 3 is 2.33 bits per heavy atom. The van der Waals surface area contributed by atoms with E-state index in [4.69, 9.17) is 17.3 Å². The van der Waals surface area contributed by atoms with E-state index in [0.29, 0.717) is 17.5 Å². The Morgan fingerprint density at radius 2 is 1.86 bits per heavy atom. The quantitative estimate of drug-likeness (QED) is 0.872. The molecule has 0 saturated heterocycles. The largest absolute Gasteiger partial charge is 0.349 e. The molecule has 21 heavy (non-hydrogen) atoms. The number of nitrogens with two attached hydrogens (primary N) is 1. The Balaban J connectivity index is 2.16. The second kappa shape index (κ2) is 6.80. The van der Waals surface area contributed by atoms with Crippen LogP contribution in [0.4, 0.5) is 0 Å². The van der Waals surface area contributed by atoms with Crippen LogP contribution in [-0.4, -0.2) is 12.5 Å². The first-order chi connectivity index (χ1) is 9.98. The summed E-state index contributed by atoms with van der Waals surface area (Å²) in [5.41, 5.74) is 6.63. The van der Waals surface area contributed by atoms with Gasteiger partial charge in [0.1, 0.15) is 0 Å². The van der Waals surface area contributed by atoms with Crippen LogP contribution in [0.1, 0.15) is 51.1 Å². The zero-order chi connectivity index (χ0) is 15.5. The van der Waals surface area contributed by atoms with E-state index in [-0.39, 0.29) is 17.4 Å². The molecule has 3 nitrogen and oxygen atoms in total. The van der Waals surface area contributed by atoms with Crippen molar-refractivity contribution in [3.8, 4) is 0 Å². The number of nitrogens with one attached hydrogen (secondary N) is 1. The number of carbonyl (C=O) groups is 1. The van der Waals surface area contributed by atoms with E-state index >= 15 is 0 Å². The lowest BCUT2D eigenvalue weighted by molar-refractivity contribution is -0.131. The molecule has 0 bridgehead atoms. The average molecular weight is 309 g/mol. The molecule has 1 fully saturated rings. The van der Waals surface area contributed by atoms with E-state index in [1.165, 1.54) is 0 Å². The summed E-state index contributed by atoms with van der Waals surface area (Å²) in [6, 6.07) is 7.70. The fourth-order valence-corrected chi connectivity index (χ4v) is 3.30. The Kier molecular flexibility index (Phi) is 5.28. The standard InChI is InChI=1S/C17H25ClN2O/c1-12(2)15(13-5-7-14(18)8-6-13)20-16(21)17(11-19)9-3-4-10-17/h5-8,12,15H,3-4,9-11,19H2,1-2H3,(H,20,21). The summed E-state index contributed by atoms with van der Waals surface area (Å²) in [5.74, 6) is 0.419. The van der Waals surface area contributed by atoms with Crippen LogP contribution in [0.25, 0.3) is 0 Å². The summed E-state index contributed by atoms with van der Waals surface area (Å²) in [6.07, 6.45) is 4.00. The van der Waals surface area contributed by atoms with Gasteiger partial charge in [0.2, 0.25) is 5.91 Å². The van der Waals surface area contributed by atoms with Crippen LogP contribution in [-0.2, 0) is 4.79 Å². The fraction of sp³-hybridized carbons (Fsp3) is 0.588. The first-order valence-corrected chi connectivity index (χ1v) is 8.13. The molecule has 0 aromatic heterocycles. The number of carbonyl (C=O) groups excluding carboxylic acids is 1. The molecular formula is C17H25ClN2O. The van der Waals surface area contributed by atoms with Crippen molar-refractivity contribution in [1.29, 1.82) is 0 Å². The normalized spacial score (nSPS) is 18.7. The maximum Gasteiger partial charge on any atom is 0.227 e. The number of amides is 1. The van der Waals surface area contributed by atoms with Gasteiger partial charge in [0.25, 0.3) is 0 Å². The van der Waals surface area contributed by atoms with Crippen molar-refractivity contribution in [2.45, 2.75) is 45.6 Å². The van der Waals surface area contributed by atoms with Gasteiger partial charge >= 0.3 is 0 Å². The van der Waals surface area contributed by atoms with Gasteiger partial charge in [-0.05, 0) is 36.5 Å². The predicted octanol–water partition coefficient (Wildman–Crippen LogP) is 3.67. The molecule has 1 amide bonds. The van der Waals surface area contributed by atoms with Gasteiger partial charge in [-0.3, -0.25) is 4.79 Å². The molecule has 1 saturated carbocycles. The zero-order valence-electron chi connectivity index (χ0n) is 12.9. The Hall–Kier alpha value is -1.06. The third-order valence-electron chi connectivity index (χ3n) is 4.62. The first kappa shape index (κ1) is 16.3. The second-order valence-electron chi connectivity index (χ2n) is 6.44. The molecule has 1 aliphatic rings. The van der Waals surface area contributed by atoms with Gasteiger partial charge in [-0.15, -0.1) is 0 Å². The Labute approximate surface area is 132 Å². The van der Waals surface area contributed by atoms with Crippen LogP contribution in [0.15, 0.2) is 24.3 Å². The predicted molar refractivity (Wildman–Crippen MR) is 87.1 cm³/mol. The minimum absolute atomic E-state index is 0.00112. The van der Waals surface area contributed by atoms with Crippen LogP contribution >= 0.6 is 11.6 Å². The summed E-state index contributed by atoms with van der Waals surface area (Å²) in [6.45, 7) is 4.66. The summed E-state index contributed by atoms with van der Waals surface area (Å²) in [4.78, 5) is 12.7. The Bertz CT molecular complexity index is 478. The topological polar surface area (TPSA) is 55.1 Å². The van der Waals surface area contributed by atoms with E-state index in [2.05, 4.69) is 19.2 Å². The molecule has 0 aliphatic heterocycles. The SMILES string of the molecule is CC(C)C(NC(=O)C1(CN)CCCC1)c1ccc(Cl)cc1. The van der Waals surface area contributed by atoms with Crippen LogP contribution in [0, 0.1) is 11.3 Å². The molecule has 0 spiro atoms. The minimum atomic E-state index is -0.362. The monoisotopic (exact) mass is 308 g/mol. The molecule has 1 aliphatic carbocycles. The molecular weight excluding hydrogens is 284 g/mol. The summed E-state index contributed by atoms with van der Waals surface area (Å²) in [7, 11) is 0. The third kappa shape index (κ3) is 3.58. The lowest BCUT2D eigenvalue weighted by Gasteiger charge is -2.31. The van der Waals surface area contributed by atoms with Gasteiger partial charge in [0.05, 0.1) is 11.5 Å². The second-order valence-corrected chi connectivity index (χ2v) is 6.87. The van der Waals surface area contributed by atoms with Crippen molar-refractivity contribution in [2.75, 3.05) is 6.54 Å². The molecule has 1 unspecified atom stereocenters. The molecule has 0 heterocycles. The highest BCUT2D eigenvalue weighted by atomic mass is 35.5. The summed E-state index contributed by atoms with van der Waals surface area (Å²) in [5, 5.41) is 3.93. The van der Waals surface area contributed by atoms with Gasteiger partial charge in [0.15, 0.2) is 0 Å². The first-order valence-electron chi connectivity index (χ1n) is 7.75. The number of hydrogen-bond acceptors (Lipinski definition) is 2. The van der Waals surface area contributed by atoms with E-state index in [9.17, 15) is 4.79 Å². The van der Waals surface area contributed by atoms with Gasteiger partial charge in [-0.25, -0.2) is 0 Å². The maximum absolute atomic E-state index is 12.7.